The molecule has 26 heavy (non-hydrogen) atoms. The molecule has 1 saturated carbocycles. The first-order valence-corrected chi connectivity index (χ1v) is 8.66. The first-order valence-electron chi connectivity index (χ1n) is 8.66. The molecule has 3 rings (SSSR count). The summed E-state index contributed by atoms with van der Waals surface area (Å²) in [6.07, 6.45) is 2.71. The Balaban J connectivity index is 1.75. The van der Waals surface area contributed by atoms with Crippen molar-refractivity contribution in [3.63, 3.8) is 0 Å². The third-order valence-electron chi connectivity index (χ3n) is 4.96. The number of hydrogen-bond donors (Lipinski definition) is 0. The van der Waals surface area contributed by atoms with E-state index in [0.717, 1.165) is 12.8 Å². The Labute approximate surface area is 151 Å². The minimum atomic E-state index is -1.000. The van der Waals surface area contributed by atoms with E-state index in [1.807, 2.05) is 0 Å². The van der Waals surface area contributed by atoms with Gasteiger partial charge in [-0.05, 0) is 31.0 Å². The molecule has 1 fully saturated rings. The Morgan fingerprint density at radius 1 is 1.08 bits per heavy atom. The van der Waals surface area contributed by atoms with Crippen molar-refractivity contribution in [2.24, 2.45) is 0 Å². The first-order chi connectivity index (χ1) is 12.6. The molecule has 0 aliphatic heterocycles. The van der Waals surface area contributed by atoms with E-state index in [1.54, 1.807) is 42.5 Å². The molecule has 0 aromatic heterocycles. The van der Waals surface area contributed by atoms with Crippen molar-refractivity contribution in [1.82, 2.24) is 0 Å². The highest BCUT2D eigenvalue weighted by Gasteiger charge is 2.45. The number of halogens is 1. The minimum absolute atomic E-state index is 0.320. The highest BCUT2D eigenvalue weighted by atomic mass is 19.1. The maximum atomic E-state index is 14.3. The van der Waals surface area contributed by atoms with Gasteiger partial charge in [-0.25, -0.2) is 4.39 Å². The van der Waals surface area contributed by atoms with Crippen LogP contribution in [0.3, 0.4) is 0 Å². The van der Waals surface area contributed by atoms with Gasteiger partial charge in [-0.3, -0.25) is 9.59 Å². The summed E-state index contributed by atoms with van der Waals surface area (Å²) >= 11 is 0. The lowest BCUT2D eigenvalue weighted by Crippen LogP contribution is -2.36. The van der Waals surface area contributed by atoms with E-state index < -0.39 is 17.2 Å². The summed E-state index contributed by atoms with van der Waals surface area (Å²) in [5.41, 5.74) is -0.236. The van der Waals surface area contributed by atoms with E-state index >= 15 is 0 Å². The van der Waals surface area contributed by atoms with Crippen LogP contribution in [0.25, 0.3) is 0 Å². The van der Waals surface area contributed by atoms with E-state index in [4.69, 9.17) is 9.47 Å². The van der Waals surface area contributed by atoms with Crippen molar-refractivity contribution in [2.45, 2.75) is 31.1 Å². The van der Waals surface area contributed by atoms with Crippen LogP contribution in [0.4, 0.5) is 4.39 Å². The lowest BCUT2D eigenvalue weighted by Gasteiger charge is -2.27. The fourth-order valence-corrected chi connectivity index (χ4v) is 3.56. The number of ketones is 1. The Morgan fingerprint density at radius 2 is 1.81 bits per heavy atom. The Kier molecular flexibility index (Phi) is 5.35. The van der Waals surface area contributed by atoms with E-state index in [1.165, 1.54) is 13.2 Å². The fraction of sp³-hybridized carbons (Fsp3) is 0.333. The number of Topliss-reactive ketones (excluding diaryl/α,β-unsaturated/α-hetero) is 1. The van der Waals surface area contributed by atoms with Gasteiger partial charge in [-0.15, -0.1) is 0 Å². The van der Waals surface area contributed by atoms with Gasteiger partial charge >= 0.3 is 5.97 Å². The smallest absolute Gasteiger partial charge is 0.317 e. The van der Waals surface area contributed by atoms with Crippen molar-refractivity contribution < 1.29 is 23.5 Å². The maximum absolute atomic E-state index is 14.3. The number of ether oxygens (including phenoxy) is 2. The topological polar surface area (TPSA) is 52.6 Å². The van der Waals surface area contributed by atoms with Crippen molar-refractivity contribution in [3.8, 4) is 5.75 Å². The summed E-state index contributed by atoms with van der Waals surface area (Å²) in [4.78, 5) is 25.1. The second kappa shape index (κ2) is 7.68. The Morgan fingerprint density at radius 3 is 2.50 bits per heavy atom. The summed E-state index contributed by atoms with van der Waals surface area (Å²) in [5.74, 6) is -0.707. The van der Waals surface area contributed by atoms with E-state index in [0.29, 0.717) is 29.7 Å². The zero-order valence-corrected chi connectivity index (χ0v) is 14.7. The molecule has 0 radical (unpaired) electrons. The molecule has 136 valence electrons. The molecule has 0 saturated heterocycles. The van der Waals surface area contributed by atoms with Gasteiger partial charge in [-0.1, -0.05) is 43.2 Å². The lowest BCUT2D eigenvalue weighted by molar-refractivity contribution is -0.149. The standard InChI is InChI=1S/C21H21FO4/c1-25-16-8-6-7-15(13-16)19(23)14-26-20(24)21(11-4-5-12-21)17-9-2-3-10-18(17)22/h2-3,6-10,13H,4-5,11-12,14H2,1H3. The van der Waals surface area contributed by atoms with Crippen LogP contribution >= 0.6 is 0 Å². The maximum Gasteiger partial charge on any atom is 0.317 e. The predicted molar refractivity (Wildman–Crippen MR) is 94.8 cm³/mol. The normalized spacial score (nSPS) is 15.5. The molecule has 2 aromatic carbocycles. The van der Waals surface area contributed by atoms with E-state index in [9.17, 15) is 14.0 Å². The molecule has 4 nitrogen and oxygen atoms in total. The second-order valence-electron chi connectivity index (χ2n) is 6.50. The molecule has 0 heterocycles. The van der Waals surface area contributed by atoms with Crippen LogP contribution in [0.5, 0.6) is 5.75 Å². The van der Waals surface area contributed by atoms with E-state index in [-0.39, 0.29) is 12.4 Å². The van der Waals surface area contributed by atoms with Crippen LogP contribution in [0.2, 0.25) is 0 Å². The molecule has 0 bridgehead atoms. The second-order valence-corrected chi connectivity index (χ2v) is 6.50. The number of benzene rings is 2. The van der Waals surface area contributed by atoms with Gasteiger partial charge in [0.15, 0.2) is 12.4 Å². The number of rotatable bonds is 6. The largest absolute Gasteiger partial charge is 0.497 e. The fourth-order valence-electron chi connectivity index (χ4n) is 3.56. The average Bonchev–Trinajstić information content (AvgIpc) is 3.17. The average molecular weight is 356 g/mol. The summed E-state index contributed by atoms with van der Waals surface area (Å²) in [5, 5.41) is 0. The van der Waals surface area contributed by atoms with Gasteiger partial charge in [0.1, 0.15) is 11.6 Å². The van der Waals surface area contributed by atoms with Crippen LogP contribution < -0.4 is 4.74 Å². The van der Waals surface area contributed by atoms with Crippen LogP contribution in [0.15, 0.2) is 48.5 Å². The van der Waals surface area contributed by atoms with Gasteiger partial charge in [0.2, 0.25) is 0 Å². The van der Waals surface area contributed by atoms with Crippen LogP contribution in [0, 0.1) is 5.82 Å². The molecule has 0 N–H and O–H groups in total. The molecule has 1 aliphatic carbocycles. The highest BCUT2D eigenvalue weighted by Crippen LogP contribution is 2.43. The SMILES string of the molecule is COc1cccc(C(=O)COC(=O)C2(c3ccccc3F)CCCC2)c1. The van der Waals surface area contributed by atoms with Crippen LogP contribution in [-0.2, 0) is 14.9 Å². The van der Waals surface area contributed by atoms with Gasteiger partial charge in [0, 0.05) is 11.1 Å². The summed E-state index contributed by atoms with van der Waals surface area (Å²) in [7, 11) is 1.52. The van der Waals surface area contributed by atoms with Crippen molar-refractivity contribution in [2.75, 3.05) is 13.7 Å². The first kappa shape index (κ1) is 18.1. The third kappa shape index (κ3) is 3.47. The lowest BCUT2D eigenvalue weighted by atomic mass is 9.78. The summed E-state index contributed by atoms with van der Waals surface area (Å²) in [6.45, 7) is -0.373. The zero-order valence-electron chi connectivity index (χ0n) is 14.7. The number of esters is 1. The molecule has 0 atom stereocenters. The minimum Gasteiger partial charge on any atom is -0.497 e. The monoisotopic (exact) mass is 356 g/mol. The van der Waals surface area contributed by atoms with E-state index in [2.05, 4.69) is 0 Å². The third-order valence-corrected chi connectivity index (χ3v) is 4.96. The molecular formula is C21H21FO4. The van der Waals surface area contributed by atoms with Gasteiger partial charge in [-0.2, -0.15) is 0 Å². The molecule has 5 heteroatoms. The van der Waals surface area contributed by atoms with Crippen LogP contribution in [0.1, 0.15) is 41.6 Å². The predicted octanol–water partition coefficient (Wildman–Crippen LogP) is 4.07. The quantitative estimate of drug-likeness (QED) is 0.578. The molecule has 1 aliphatic rings. The molecule has 0 unspecified atom stereocenters. The Hall–Kier alpha value is -2.69. The molecule has 0 amide bonds. The number of carbonyl (C=O) groups is 2. The Bertz CT molecular complexity index is 809. The van der Waals surface area contributed by atoms with Crippen molar-refractivity contribution in [3.05, 3.63) is 65.5 Å². The van der Waals surface area contributed by atoms with Gasteiger partial charge in [0.05, 0.1) is 12.5 Å². The van der Waals surface area contributed by atoms with Gasteiger partial charge in [0.25, 0.3) is 0 Å². The number of carbonyl (C=O) groups excluding carboxylic acids is 2. The molecule has 2 aromatic rings. The molecule has 0 spiro atoms. The number of methoxy groups -OCH3 is 1. The zero-order chi connectivity index (χ0) is 18.6. The number of hydrogen-bond acceptors (Lipinski definition) is 4. The summed E-state index contributed by atoms with van der Waals surface area (Å²) in [6, 6.07) is 13.0. The molecular weight excluding hydrogens is 335 g/mol. The van der Waals surface area contributed by atoms with Crippen molar-refractivity contribution >= 4 is 11.8 Å². The van der Waals surface area contributed by atoms with Crippen LogP contribution in [-0.4, -0.2) is 25.5 Å². The summed E-state index contributed by atoms with van der Waals surface area (Å²) < 4.78 is 24.7. The van der Waals surface area contributed by atoms with Gasteiger partial charge < -0.3 is 9.47 Å². The highest BCUT2D eigenvalue weighted by molar-refractivity contribution is 5.98. The van der Waals surface area contributed by atoms with Crippen molar-refractivity contribution in [1.29, 1.82) is 0 Å².